The van der Waals surface area contributed by atoms with Gasteiger partial charge in [-0.25, -0.2) is 0 Å². The summed E-state index contributed by atoms with van der Waals surface area (Å²) in [4.78, 5) is 0. The minimum absolute atomic E-state index is 0. The van der Waals surface area contributed by atoms with E-state index in [-0.39, 0.29) is 18.8 Å². The summed E-state index contributed by atoms with van der Waals surface area (Å²) in [6.45, 7) is 0. The van der Waals surface area contributed by atoms with E-state index in [1.807, 2.05) is 0 Å². The smallest absolute Gasteiger partial charge is 0.418 e. The maximum atomic E-state index is 9.75. The van der Waals surface area contributed by atoms with Crippen molar-refractivity contribution in [3.63, 3.8) is 0 Å². The molecule has 0 saturated carbocycles. The molecule has 0 aliphatic rings. The molecular formula is HAlBF4. The Morgan fingerprint density at radius 1 is 1.00 bits per heavy atom. The zero-order chi connectivity index (χ0) is 4.50. The Balaban J connectivity index is -0.0000000800. The Labute approximate surface area is 44.2 Å². The van der Waals surface area contributed by atoms with Crippen LogP contribution in [0.4, 0.5) is 17.3 Å². The van der Waals surface area contributed by atoms with Crippen molar-refractivity contribution in [1.29, 1.82) is 0 Å². The lowest BCUT2D eigenvalue weighted by Gasteiger charge is -1.94. The molecule has 6 heavy (non-hydrogen) atoms. The summed E-state index contributed by atoms with van der Waals surface area (Å²) < 4.78 is 39.0. The van der Waals surface area contributed by atoms with Crippen LogP contribution < -0.4 is 0 Å². The molecule has 6 heteroatoms. The molecule has 3 radical (unpaired) electrons. The van der Waals surface area contributed by atoms with Gasteiger partial charge in [-0.15, -0.1) is 0 Å². The Hall–Kier alpha value is 0.317. The van der Waals surface area contributed by atoms with Crippen molar-refractivity contribution < 1.29 is 18.7 Å². The fourth-order valence-electron chi connectivity index (χ4n) is 0. The fourth-order valence-corrected chi connectivity index (χ4v) is 0. The molecule has 0 rings (SSSR count). The second-order valence-electron chi connectivity index (χ2n) is 0.495. The van der Waals surface area contributed by atoms with Crippen molar-refractivity contribution in [2.24, 2.45) is 0 Å². The molecule has 0 N–H and O–H groups in total. The van der Waals surface area contributed by atoms with Gasteiger partial charge in [0.15, 0.2) is 0 Å². The molecule has 0 aromatic rings. The number of rotatable bonds is 0. The first-order valence-electron chi connectivity index (χ1n) is 0.873. The third kappa shape index (κ3) is 472. The van der Waals surface area contributed by atoms with Gasteiger partial charge in [0.1, 0.15) is 0 Å². The van der Waals surface area contributed by atoms with Crippen LogP contribution in [0.1, 0.15) is 1.43 Å². The van der Waals surface area contributed by atoms with Crippen LogP contribution in [0.15, 0.2) is 0 Å². The van der Waals surface area contributed by atoms with Crippen molar-refractivity contribution in [2.75, 3.05) is 0 Å². The number of halogens is 4. The fraction of sp³-hybridized carbons (Fsp3) is 0. The molecule has 0 unspecified atom stereocenters. The van der Waals surface area contributed by atoms with E-state index >= 15 is 0 Å². The lowest BCUT2D eigenvalue weighted by molar-refractivity contribution is 0.368. The van der Waals surface area contributed by atoms with E-state index in [0.717, 1.165) is 0 Å². The molecule has 0 aliphatic heterocycles. The van der Waals surface area contributed by atoms with Gasteiger partial charge in [0.2, 0.25) is 0 Å². The zero-order valence-corrected chi connectivity index (χ0v) is 3.82. The molecule has 0 heterocycles. The number of hydrogen-bond acceptors (Lipinski definition) is 0. The van der Waals surface area contributed by atoms with Crippen molar-refractivity contribution in [2.45, 2.75) is 0 Å². The van der Waals surface area contributed by atoms with Crippen molar-refractivity contribution >= 4 is 24.6 Å². The predicted octanol–water partition coefficient (Wildman–Crippen LogP) is 1.03. The van der Waals surface area contributed by atoms with E-state index in [1.54, 1.807) is 0 Å². The molecule has 0 spiro atoms. The lowest BCUT2D eigenvalue weighted by Crippen LogP contribution is -2.02. The Bertz CT molecular complexity index is 27.2. The highest BCUT2D eigenvalue weighted by Crippen LogP contribution is 2.06. The van der Waals surface area contributed by atoms with E-state index in [1.165, 1.54) is 0 Å². The van der Waals surface area contributed by atoms with Gasteiger partial charge in [-0.1, -0.05) is 0 Å². The summed E-state index contributed by atoms with van der Waals surface area (Å²) in [6.07, 6.45) is 0. The second-order valence-corrected chi connectivity index (χ2v) is 0.495. The molecule has 0 saturated heterocycles. The van der Waals surface area contributed by atoms with Crippen molar-refractivity contribution in [1.82, 2.24) is 0 Å². The van der Waals surface area contributed by atoms with E-state index in [9.17, 15) is 17.3 Å². The van der Waals surface area contributed by atoms with Gasteiger partial charge < -0.3 is 17.3 Å². The highest BCUT2D eigenvalue weighted by molar-refractivity contribution is 6.50. The van der Waals surface area contributed by atoms with Gasteiger partial charge in [-0.05, 0) is 0 Å². The van der Waals surface area contributed by atoms with E-state index in [4.69, 9.17) is 0 Å². The van der Waals surface area contributed by atoms with E-state index in [2.05, 4.69) is 0 Å². The topological polar surface area (TPSA) is 0 Å². The van der Waals surface area contributed by atoms with E-state index < -0.39 is 7.25 Å². The van der Waals surface area contributed by atoms with E-state index in [0.29, 0.717) is 0 Å². The molecule has 0 amide bonds. The average Bonchev–Trinajstić information content (AvgIpc) is 0.722. The molecule has 0 nitrogen and oxygen atoms in total. The first-order valence-corrected chi connectivity index (χ1v) is 0.873. The van der Waals surface area contributed by atoms with Crippen molar-refractivity contribution in [3.05, 3.63) is 0 Å². The summed E-state index contributed by atoms with van der Waals surface area (Å²) in [5.41, 5.74) is 0. The Kier molecular flexibility index (Phi) is 3.97. The van der Waals surface area contributed by atoms with Gasteiger partial charge in [0, 0.05) is 17.4 Å². The summed E-state index contributed by atoms with van der Waals surface area (Å²) in [6, 6.07) is 0. The highest BCUT2D eigenvalue weighted by Gasteiger charge is 2.20. The van der Waals surface area contributed by atoms with Gasteiger partial charge >= 0.3 is 8.68 Å². The minimum Gasteiger partial charge on any atom is -0.418 e. The molecule has 35 valence electrons. The van der Waals surface area contributed by atoms with Gasteiger partial charge in [-0.2, -0.15) is 0 Å². The predicted molar refractivity (Wildman–Crippen MR) is 17.1 cm³/mol. The first kappa shape index (κ1) is 9.58. The van der Waals surface area contributed by atoms with Crippen LogP contribution >= 0.6 is 0 Å². The van der Waals surface area contributed by atoms with Crippen LogP contribution in [0.2, 0.25) is 0 Å². The standard InChI is InChI=1S/Al.BF4/c;2-1(3,4)5/q;-1/p+1. The van der Waals surface area contributed by atoms with Crippen LogP contribution in [0.25, 0.3) is 0 Å². The van der Waals surface area contributed by atoms with Gasteiger partial charge in [0.05, 0.1) is 0 Å². The van der Waals surface area contributed by atoms with Crippen molar-refractivity contribution in [3.8, 4) is 0 Å². The number of hydrogen-bond donors (Lipinski definition) is 0. The molecule has 0 atom stereocenters. The Morgan fingerprint density at radius 2 is 1.00 bits per heavy atom. The molecule has 0 aromatic carbocycles. The third-order valence-corrected chi connectivity index (χ3v) is 0. The normalized spacial score (nSPS) is 10.0. The maximum Gasteiger partial charge on any atom is 1.00 e. The molecule has 0 aliphatic carbocycles. The molecule has 0 aromatic heterocycles. The van der Waals surface area contributed by atoms with Crippen LogP contribution in [0, 0.1) is 0 Å². The third-order valence-electron chi connectivity index (χ3n) is 0. The van der Waals surface area contributed by atoms with Gasteiger partial charge in [-0.3, -0.25) is 0 Å². The molecule has 0 fully saturated rings. The van der Waals surface area contributed by atoms with Gasteiger partial charge in [0.25, 0.3) is 0 Å². The second kappa shape index (κ2) is 2.48. The summed E-state index contributed by atoms with van der Waals surface area (Å²) in [5.74, 6) is 0. The maximum absolute atomic E-state index is 9.75. The SMILES string of the molecule is F[B-](F)(F)F.[Al].[H+]. The average molecular weight is 115 g/mol. The first-order chi connectivity index (χ1) is 2.00. The monoisotopic (exact) mass is 115 g/mol. The summed E-state index contributed by atoms with van der Waals surface area (Å²) in [5, 5.41) is 0. The molecule has 0 bridgehead atoms. The lowest BCUT2D eigenvalue weighted by atomic mass is 10.3. The summed E-state index contributed by atoms with van der Waals surface area (Å²) in [7, 11) is -6.00. The zero-order valence-electron chi connectivity index (χ0n) is 3.67. The highest BCUT2D eigenvalue weighted by atomic mass is 27.0. The molecular weight excluding hydrogens is 114 g/mol. The van der Waals surface area contributed by atoms with Crippen LogP contribution in [0.5, 0.6) is 0 Å². The quantitative estimate of drug-likeness (QED) is 0.326. The minimum atomic E-state index is -6.00. The summed E-state index contributed by atoms with van der Waals surface area (Å²) >= 11 is 0. The van der Waals surface area contributed by atoms with Crippen LogP contribution in [0.3, 0.4) is 0 Å². The van der Waals surface area contributed by atoms with Crippen LogP contribution in [-0.2, 0) is 0 Å². The van der Waals surface area contributed by atoms with Crippen LogP contribution in [-0.4, -0.2) is 24.6 Å². The Morgan fingerprint density at radius 3 is 1.00 bits per heavy atom. The largest absolute Gasteiger partial charge is 1.00 e.